The number of benzene rings is 2. The van der Waals surface area contributed by atoms with Gasteiger partial charge in [0.1, 0.15) is 5.01 Å². The third kappa shape index (κ3) is 2.73. The number of halogens is 1. The molecule has 0 aliphatic heterocycles. The summed E-state index contributed by atoms with van der Waals surface area (Å²) < 4.78 is 1.18. The summed E-state index contributed by atoms with van der Waals surface area (Å²) in [5.41, 5.74) is 2.87. The minimum atomic E-state index is -0.0577. The Hall–Kier alpha value is -1.72. The third-order valence-corrected chi connectivity index (χ3v) is 4.43. The molecule has 0 atom stereocenters. The van der Waals surface area contributed by atoms with Crippen LogP contribution in [0.5, 0.6) is 0 Å². The number of nitrogens with zero attached hydrogens (tertiary/aromatic N) is 1. The predicted octanol–water partition coefficient (Wildman–Crippen LogP) is 4.30. The standard InChI is InChI=1S/C15H11BrN2OS/c16-9-14(19)17-11-7-5-10(6-8-11)15-18-12-3-1-2-4-13(12)20-15/h1-8H,9H2,(H,17,19). The average Bonchev–Trinajstić information content (AvgIpc) is 2.91. The highest BCUT2D eigenvalue weighted by molar-refractivity contribution is 9.09. The Balaban J connectivity index is 1.88. The van der Waals surface area contributed by atoms with Crippen molar-refractivity contribution in [3.63, 3.8) is 0 Å². The number of aromatic nitrogens is 1. The SMILES string of the molecule is O=C(CBr)Nc1ccc(-c2nc3ccccc3s2)cc1. The fourth-order valence-electron chi connectivity index (χ4n) is 1.89. The van der Waals surface area contributed by atoms with Gasteiger partial charge >= 0.3 is 0 Å². The molecule has 0 saturated carbocycles. The molecular formula is C15H11BrN2OS. The fraction of sp³-hybridized carbons (Fsp3) is 0.0667. The second-order valence-corrected chi connectivity index (χ2v) is 5.84. The molecule has 0 bridgehead atoms. The van der Waals surface area contributed by atoms with Gasteiger partial charge in [0.15, 0.2) is 0 Å². The number of hydrogen-bond acceptors (Lipinski definition) is 3. The van der Waals surface area contributed by atoms with Crippen LogP contribution >= 0.6 is 27.3 Å². The van der Waals surface area contributed by atoms with Crippen molar-refractivity contribution in [1.82, 2.24) is 4.98 Å². The zero-order valence-electron chi connectivity index (χ0n) is 10.5. The first-order valence-corrected chi connectivity index (χ1v) is 8.02. The van der Waals surface area contributed by atoms with Gasteiger partial charge in [-0.1, -0.05) is 28.1 Å². The Morgan fingerprint density at radius 1 is 1.15 bits per heavy atom. The molecule has 1 aromatic heterocycles. The summed E-state index contributed by atoms with van der Waals surface area (Å²) in [5, 5.41) is 4.08. The van der Waals surface area contributed by atoms with E-state index in [1.54, 1.807) is 11.3 Å². The Kier molecular flexibility index (Phi) is 3.80. The lowest BCUT2D eigenvalue weighted by atomic mass is 10.2. The molecule has 20 heavy (non-hydrogen) atoms. The van der Waals surface area contributed by atoms with Crippen molar-refractivity contribution in [3.8, 4) is 10.6 Å². The summed E-state index contributed by atoms with van der Waals surface area (Å²) >= 11 is 4.79. The van der Waals surface area contributed by atoms with Crippen LogP contribution in [0.3, 0.4) is 0 Å². The van der Waals surface area contributed by atoms with Gasteiger partial charge < -0.3 is 5.32 Å². The van der Waals surface area contributed by atoms with Crippen LogP contribution in [0.15, 0.2) is 48.5 Å². The zero-order chi connectivity index (χ0) is 13.9. The van der Waals surface area contributed by atoms with Crippen molar-refractivity contribution in [1.29, 1.82) is 0 Å². The number of amides is 1. The average molecular weight is 347 g/mol. The topological polar surface area (TPSA) is 42.0 Å². The fourth-order valence-corrected chi connectivity index (χ4v) is 3.00. The molecule has 1 heterocycles. The second-order valence-electron chi connectivity index (χ2n) is 4.25. The molecule has 0 fully saturated rings. The molecule has 0 aliphatic rings. The number of hydrogen-bond donors (Lipinski definition) is 1. The van der Waals surface area contributed by atoms with Gasteiger partial charge in [0.2, 0.25) is 5.91 Å². The van der Waals surface area contributed by atoms with Crippen molar-refractivity contribution in [3.05, 3.63) is 48.5 Å². The van der Waals surface area contributed by atoms with E-state index in [-0.39, 0.29) is 5.91 Å². The maximum atomic E-state index is 11.3. The van der Waals surface area contributed by atoms with Crippen LogP contribution in [0, 0.1) is 0 Å². The van der Waals surface area contributed by atoms with Gasteiger partial charge in [-0.25, -0.2) is 4.98 Å². The quantitative estimate of drug-likeness (QED) is 0.718. The largest absolute Gasteiger partial charge is 0.325 e. The highest BCUT2D eigenvalue weighted by Gasteiger charge is 2.06. The summed E-state index contributed by atoms with van der Waals surface area (Å²) in [7, 11) is 0. The molecule has 0 unspecified atom stereocenters. The first-order chi connectivity index (χ1) is 9.76. The minimum absolute atomic E-state index is 0.0577. The van der Waals surface area contributed by atoms with Crippen LogP contribution in [0.2, 0.25) is 0 Å². The number of carbonyl (C=O) groups excluding carboxylic acids is 1. The molecular weight excluding hydrogens is 336 g/mol. The Labute approximate surface area is 128 Å². The first-order valence-electron chi connectivity index (χ1n) is 6.08. The molecule has 1 N–H and O–H groups in total. The molecule has 5 heteroatoms. The molecule has 3 nitrogen and oxygen atoms in total. The van der Waals surface area contributed by atoms with Gasteiger partial charge in [0.25, 0.3) is 0 Å². The molecule has 2 aromatic carbocycles. The van der Waals surface area contributed by atoms with E-state index < -0.39 is 0 Å². The Morgan fingerprint density at radius 3 is 2.60 bits per heavy atom. The maximum Gasteiger partial charge on any atom is 0.235 e. The number of alkyl halides is 1. The number of nitrogens with one attached hydrogen (secondary N) is 1. The van der Waals surface area contributed by atoms with Gasteiger partial charge in [-0.05, 0) is 36.4 Å². The normalized spacial score (nSPS) is 10.7. The molecule has 0 spiro atoms. The van der Waals surface area contributed by atoms with Gasteiger partial charge in [-0.15, -0.1) is 11.3 Å². The number of carbonyl (C=O) groups is 1. The van der Waals surface area contributed by atoms with Crippen LogP contribution < -0.4 is 5.32 Å². The Bertz CT molecular complexity index is 719. The number of anilines is 1. The highest BCUT2D eigenvalue weighted by Crippen LogP contribution is 2.30. The summed E-state index contributed by atoms with van der Waals surface area (Å²) in [6, 6.07) is 15.8. The van der Waals surface area contributed by atoms with E-state index >= 15 is 0 Å². The highest BCUT2D eigenvalue weighted by atomic mass is 79.9. The van der Waals surface area contributed by atoms with Crippen molar-refractivity contribution >= 4 is 49.1 Å². The second kappa shape index (κ2) is 5.73. The monoisotopic (exact) mass is 346 g/mol. The smallest absolute Gasteiger partial charge is 0.235 e. The predicted molar refractivity (Wildman–Crippen MR) is 87.5 cm³/mol. The number of thiazole rings is 1. The third-order valence-electron chi connectivity index (χ3n) is 2.83. The van der Waals surface area contributed by atoms with Gasteiger partial charge in [0, 0.05) is 11.3 Å². The van der Waals surface area contributed by atoms with E-state index in [0.29, 0.717) is 5.33 Å². The molecule has 0 radical (unpaired) electrons. The molecule has 3 aromatic rings. The molecule has 0 aliphatic carbocycles. The van der Waals surface area contributed by atoms with E-state index in [9.17, 15) is 4.79 Å². The van der Waals surface area contributed by atoms with Crippen LogP contribution in [0.1, 0.15) is 0 Å². The Morgan fingerprint density at radius 2 is 1.90 bits per heavy atom. The van der Waals surface area contributed by atoms with Crippen LogP contribution in [0.25, 0.3) is 20.8 Å². The van der Waals surface area contributed by atoms with E-state index in [1.165, 1.54) is 4.70 Å². The van der Waals surface area contributed by atoms with Crippen LogP contribution in [0.4, 0.5) is 5.69 Å². The van der Waals surface area contributed by atoms with Gasteiger partial charge in [-0.3, -0.25) is 4.79 Å². The van der Waals surface area contributed by atoms with Crippen molar-refractivity contribution in [2.24, 2.45) is 0 Å². The van der Waals surface area contributed by atoms with E-state index in [0.717, 1.165) is 21.8 Å². The van der Waals surface area contributed by atoms with Crippen LogP contribution in [-0.2, 0) is 4.79 Å². The van der Waals surface area contributed by atoms with Gasteiger partial charge in [0.05, 0.1) is 15.5 Å². The lowest BCUT2D eigenvalue weighted by Gasteiger charge is -2.03. The van der Waals surface area contributed by atoms with Crippen LogP contribution in [-0.4, -0.2) is 16.2 Å². The van der Waals surface area contributed by atoms with Crippen molar-refractivity contribution in [2.75, 3.05) is 10.6 Å². The molecule has 0 saturated heterocycles. The number of fused-ring (bicyclic) bond motifs is 1. The summed E-state index contributed by atoms with van der Waals surface area (Å²) in [4.78, 5) is 15.9. The van der Waals surface area contributed by atoms with E-state index in [4.69, 9.17) is 0 Å². The summed E-state index contributed by atoms with van der Waals surface area (Å²) in [6.07, 6.45) is 0. The number of rotatable bonds is 3. The first kappa shape index (κ1) is 13.3. The number of para-hydroxylation sites is 1. The molecule has 100 valence electrons. The minimum Gasteiger partial charge on any atom is -0.325 e. The maximum absolute atomic E-state index is 11.3. The zero-order valence-corrected chi connectivity index (χ0v) is 12.9. The van der Waals surface area contributed by atoms with E-state index in [2.05, 4.69) is 32.3 Å². The lowest BCUT2D eigenvalue weighted by Crippen LogP contribution is -2.11. The van der Waals surface area contributed by atoms with E-state index in [1.807, 2.05) is 42.5 Å². The summed E-state index contributed by atoms with van der Waals surface area (Å²) in [6.45, 7) is 0. The van der Waals surface area contributed by atoms with Crippen molar-refractivity contribution < 1.29 is 4.79 Å². The molecule has 1 amide bonds. The lowest BCUT2D eigenvalue weighted by molar-refractivity contribution is -0.113. The summed E-state index contributed by atoms with van der Waals surface area (Å²) in [5.74, 6) is -0.0577. The van der Waals surface area contributed by atoms with Gasteiger partial charge in [-0.2, -0.15) is 0 Å². The molecule has 3 rings (SSSR count). The van der Waals surface area contributed by atoms with Crippen molar-refractivity contribution in [2.45, 2.75) is 0 Å².